The number of likely N-dealkylation sites (N-methyl/N-ethyl adjacent to an activating group) is 1. The van der Waals surface area contributed by atoms with Gasteiger partial charge in [0, 0.05) is 48.7 Å². The Morgan fingerprint density at radius 2 is 1.85 bits per heavy atom. The molecule has 2 amide bonds. The van der Waals surface area contributed by atoms with E-state index in [2.05, 4.69) is 19.8 Å². The average molecular weight is 453 g/mol. The quantitative estimate of drug-likeness (QED) is 0.376. The molecule has 0 bridgehead atoms. The normalized spacial score (nSPS) is 27.9. The molecular weight excluding hydrogens is 416 g/mol. The SMILES string of the molecule is CC(=O)N1CCCC12CCC(N(C)C(=O)Cc1ccc(N=[N+]=[N-])cc1)C(N1CCCCC1)C2. The van der Waals surface area contributed by atoms with Gasteiger partial charge in [-0.1, -0.05) is 35.8 Å². The minimum atomic E-state index is -0.0363. The Morgan fingerprint density at radius 3 is 2.52 bits per heavy atom. The van der Waals surface area contributed by atoms with Crippen LogP contribution in [0.1, 0.15) is 63.9 Å². The molecular formula is C25H36N6O2. The number of carbonyl (C=O) groups excluding carboxylic acids is 2. The molecule has 8 nitrogen and oxygen atoms in total. The molecule has 2 aliphatic heterocycles. The largest absolute Gasteiger partial charge is 0.341 e. The van der Waals surface area contributed by atoms with Gasteiger partial charge in [0.1, 0.15) is 0 Å². The summed E-state index contributed by atoms with van der Waals surface area (Å²) in [5.41, 5.74) is 10.0. The van der Waals surface area contributed by atoms with Gasteiger partial charge in [0.05, 0.1) is 6.42 Å². The molecule has 0 radical (unpaired) electrons. The molecule has 1 saturated carbocycles. The molecule has 1 aromatic carbocycles. The first-order valence-electron chi connectivity index (χ1n) is 12.4. The predicted molar refractivity (Wildman–Crippen MR) is 128 cm³/mol. The maximum absolute atomic E-state index is 13.3. The Hall–Kier alpha value is -2.57. The van der Waals surface area contributed by atoms with Gasteiger partial charge in [-0.25, -0.2) is 0 Å². The van der Waals surface area contributed by atoms with E-state index in [-0.39, 0.29) is 23.4 Å². The van der Waals surface area contributed by atoms with Crippen LogP contribution in [0.15, 0.2) is 29.4 Å². The molecule has 3 fully saturated rings. The van der Waals surface area contributed by atoms with Crippen LogP contribution in [0.5, 0.6) is 0 Å². The number of nitrogens with zero attached hydrogens (tertiary/aromatic N) is 6. The van der Waals surface area contributed by atoms with Crippen LogP contribution in [0.3, 0.4) is 0 Å². The van der Waals surface area contributed by atoms with Gasteiger partial charge in [-0.05, 0) is 69.1 Å². The zero-order valence-corrected chi connectivity index (χ0v) is 19.9. The minimum Gasteiger partial charge on any atom is -0.341 e. The number of amides is 2. The van der Waals surface area contributed by atoms with Crippen LogP contribution < -0.4 is 0 Å². The van der Waals surface area contributed by atoms with E-state index in [4.69, 9.17) is 5.53 Å². The fraction of sp³-hybridized carbons (Fsp3) is 0.680. The van der Waals surface area contributed by atoms with Crippen LogP contribution in [0, 0.1) is 0 Å². The van der Waals surface area contributed by atoms with Crippen molar-refractivity contribution in [2.24, 2.45) is 5.11 Å². The molecule has 3 atom stereocenters. The van der Waals surface area contributed by atoms with E-state index in [0.29, 0.717) is 18.2 Å². The molecule has 0 aromatic heterocycles. The third kappa shape index (κ3) is 5.02. The predicted octanol–water partition coefficient (Wildman–Crippen LogP) is 4.42. The maximum atomic E-state index is 13.3. The van der Waals surface area contributed by atoms with Crippen molar-refractivity contribution in [2.45, 2.75) is 82.3 Å². The van der Waals surface area contributed by atoms with Crippen LogP contribution in [0.25, 0.3) is 10.4 Å². The van der Waals surface area contributed by atoms with E-state index < -0.39 is 0 Å². The van der Waals surface area contributed by atoms with Gasteiger partial charge in [0.15, 0.2) is 0 Å². The summed E-state index contributed by atoms with van der Waals surface area (Å²) in [5.74, 6) is 0.307. The second-order valence-electron chi connectivity index (χ2n) is 10.0. The number of hydrogen-bond acceptors (Lipinski definition) is 4. The average Bonchev–Trinajstić information content (AvgIpc) is 3.23. The van der Waals surface area contributed by atoms with Gasteiger partial charge in [-0.2, -0.15) is 0 Å². The van der Waals surface area contributed by atoms with Crippen LogP contribution in [-0.2, 0) is 16.0 Å². The second kappa shape index (κ2) is 10.1. The van der Waals surface area contributed by atoms with Gasteiger partial charge >= 0.3 is 0 Å². The highest BCUT2D eigenvalue weighted by Gasteiger charge is 2.50. The van der Waals surface area contributed by atoms with Crippen molar-refractivity contribution in [3.8, 4) is 0 Å². The monoisotopic (exact) mass is 452 g/mol. The summed E-state index contributed by atoms with van der Waals surface area (Å²) in [5, 5.41) is 3.60. The van der Waals surface area contributed by atoms with Crippen LogP contribution in [-0.4, -0.2) is 70.8 Å². The number of rotatable bonds is 5. The summed E-state index contributed by atoms with van der Waals surface area (Å²) in [6.07, 6.45) is 9.07. The smallest absolute Gasteiger partial charge is 0.227 e. The van der Waals surface area contributed by atoms with E-state index in [1.54, 1.807) is 19.1 Å². The first-order valence-corrected chi connectivity index (χ1v) is 12.4. The minimum absolute atomic E-state index is 0.0363. The molecule has 1 spiro atoms. The number of carbonyl (C=O) groups is 2. The first-order chi connectivity index (χ1) is 15.9. The van der Waals surface area contributed by atoms with E-state index in [0.717, 1.165) is 57.3 Å². The third-order valence-corrected chi connectivity index (χ3v) is 8.12. The molecule has 1 aliphatic carbocycles. The lowest BCUT2D eigenvalue weighted by molar-refractivity contribution is -0.140. The summed E-state index contributed by atoms with van der Waals surface area (Å²) in [7, 11) is 1.95. The third-order valence-electron chi connectivity index (χ3n) is 8.12. The highest BCUT2D eigenvalue weighted by Crippen LogP contribution is 2.44. The van der Waals surface area contributed by atoms with Crippen LogP contribution in [0.2, 0.25) is 0 Å². The number of hydrogen-bond donors (Lipinski definition) is 0. The maximum Gasteiger partial charge on any atom is 0.227 e. The second-order valence-corrected chi connectivity index (χ2v) is 10.0. The highest BCUT2D eigenvalue weighted by atomic mass is 16.2. The van der Waals surface area contributed by atoms with Crippen molar-refractivity contribution in [1.82, 2.24) is 14.7 Å². The Morgan fingerprint density at radius 1 is 1.12 bits per heavy atom. The molecule has 0 N–H and O–H groups in total. The lowest BCUT2D eigenvalue weighted by Crippen LogP contribution is -2.62. The molecule has 8 heteroatoms. The molecule has 33 heavy (non-hydrogen) atoms. The summed E-state index contributed by atoms with van der Waals surface area (Å²) >= 11 is 0. The number of benzene rings is 1. The fourth-order valence-electron chi connectivity index (χ4n) is 6.43. The molecule has 178 valence electrons. The Kier molecular flexibility index (Phi) is 7.25. The summed E-state index contributed by atoms with van der Waals surface area (Å²) < 4.78 is 0. The van der Waals surface area contributed by atoms with E-state index in [9.17, 15) is 9.59 Å². The van der Waals surface area contributed by atoms with Gasteiger partial charge in [0.2, 0.25) is 11.8 Å². The van der Waals surface area contributed by atoms with Crippen molar-refractivity contribution >= 4 is 17.5 Å². The standard InChI is InChI=1S/C25H36N6O2/c1-19(32)31-16-6-12-25(31)13-11-22(23(18-25)30-14-4-3-5-15-30)29(2)24(33)17-20-7-9-21(10-8-20)27-28-26/h7-10,22-23H,3-6,11-18H2,1-2H3. The zero-order valence-electron chi connectivity index (χ0n) is 19.9. The fourth-order valence-corrected chi connectivity index (χ4v) is 6.43. The molecule has 3 unspecified atom stereocenters. The zero-order chi connectivity index (χ0) is 23.4. The van der Waals surface area contributed by atoms with Gasteiger partial charge in [-0.15, -0.1) is 0 Å². The Bertz CT molecular complexity index is 906. The molecule has 3 aliphatic rings. The van der Waals surface area contributed by atoms with E-state index >= 15 is 0 Å². The number of azide groups is 1. The van der Waals surface area contributed by atoms with Crippen molar-refractivity contribution in [1.29, 1.82) is 0 Å². The van der Waals surface area contributed by atoms with Crippen molar-refractivity contribution in [3.05, 3.63) is 40.3 Å². The Labute approximate surface area is 196 Å². The van der Waals surface area contributed by atoms with Crippen LogP contribution >= 0.6 is 0 Å². The van der Waals surface area contributed by atoms with Gasteiger partial charge < -0.3 is 9.80 Å². The summed E-state index contributed by atoms with van der Waals surface area (Å²) in [6, 6.07) is 7.67. The number of piperidine rings is 1. The van der Waals surface area contributed by atoms with Crippen molar-refractivity contribution in [2.75, 3.05) is 26.7 Å². The lowest BCUT2D eigenvalue weighted by Gasteiger charge is -2.53. The molecule has 2 heterocycles. The van der Waals surface area contributed by atoms with Crippen LogP contribution in [0.4, 0.5) is 5.69 Å². The lowest BCUT2D eigenvalue weighted by atomic mass is 9.73. The first kappa shape index (κ1) is 23.6. The van der Waals surface area contributed by atoms with Crippen molar-refractivity contribution in [3.63, 3.8) is 0 Å². The molecule has 1 aromatic rings. The van der Waals surface area contributed by atoms with E-state index in [1.807, 2.05) is 24.1 Å². The van der Waals surface area contributed by atoms with Crippen molar-refractivity contribution < 1.29 is 9.59 Å². The summed E-state index contributed by atoms with van der Waals surface area (Å²) in [6.45, 7) is 4.74. The number of likely N-dealkylation sites (tertiary alicyclic amines) is 2. The Balaban J connectivity index is 1.51. The van der Waals surface area contributed by atoms with Gasteiger partial charge in [-0.3, -0.25) is 14.5 Å². The summed E-state index contributed by atoms with van der Waals surface area (Å²) in [4.78, 5) is 35.2. The van der Waals surface area contributed by atoms with E-state index in [1.165, 1.54) is 19.3 Å². The molecule has 2 saturated heterocycles. The molecule has 4 rings (SSSR count). The van der Waals surface area contributed by atoms with Gasteiger partial charge in [0.25, 0.3) is 0 Å². The topological polar surface area (TPSA) is 92.6 Å². The highest BCUT2D eigenvalue weighted by molar-refractivity contribution is 5.79.